The number of benzene rings is 1. The smallest absolute Gasteiger partial charge is 0.225 e. The molecule has 5 nitrogen and oxygen atoms in total. The Morgan fingerprint density at radius 2 is 1.77 bits per heavy atom. The van der Waals surface area contributed by atoms with E-state index in [2.05, 4.69) is 9.97 Å². The molecule has 1 aromatic carbocycles. The average Bonchev–Trinajstić information content (AvgIpc) is 3.65. The molecule has 1 aliphatic heterocycles. The second-order valence-electron chi connectivity index (χ2n) is 8.13. The van der Waals surface area contributed by atoms with Crippen molar-refractivity contribution in [2.45, 2.75) is 31.6 Å². The fourth-order valence-corrected chi connectivity index (χ4v) is 4.31. The van der Waals surface area contributed by atoms with E-state index in [1.165, 1.54) is 0 Å². The summed E-state index contributed by atoms with van der Waals surface area (Å²) in [6.07, 6.45) is 9.57. The van der Waals surface area contributed by atoms with Crippen LogP contribution in [0.25, 0.3) is 22.5 Å². The van der Waals surface area contributed by atoms with Gasteiger partial charge in [0.25, 0.3) is 0 Å². The lowest BCUT2D eigenvalue weighted by Gasteiger charge is -2.33. The molecule has 0 radical (unpaired) electrons. The first-order valence-corrected chi connectivity index (χ1v) is 10.9. The van der Waals surface area contributed by atoms with Crippen molar-refractivity contribution in [3.8, 4) is 22.5 Å². The summed E-state index contributed by atoms with van der Waals surface area (Å²) in [7, 11) is 0. The van der Waals surface area contributed by atoms with Crippen LogP contribution in [0.4, 0.5) is 0 Å². The summed E-state index contributed by atoms with van der Waals surface area (Å²) in [5, 5.41) is 0.689. The lowest BCUT2D eigenvalue weighted by atomic mass is 9.89. The Balaban J connectivity index is 1.53. The number of hydrogen-bond acceptors (Lipinski definition) is 4. The minimum atomic E-state index is 0.193. The van der Waals surface area contributed by atoms with Crippen LogP contribution in [0.15, 0.2) is 55.0 Å². The zero-order valence-electron chi connectivity index (χ0n) is 16.7. The van der Waals surface area contributed by atoms with Crippen molar-refractivity contribution < 1.29 is 4.79 Å². The van der Waals surface area contributed by atoms with Gasteiger partial charge < -0.3 is 4.90 Å². The highest BCUT2D eigenvalue weighted by Crippen LogP contribution is 2.37. The zero-order valence-corrected chi connectivity index (χ0v) is 17.4. The van der Waals surface area contributed by atoms with Gasteiger partial charge in [-0.1, -0.05) is 11.6 Å². The van der Waals surface area contributed by atoms with Gasteiger partial charge in [0.15, 0.2) is 5.82 Å². The predicted octanol–water partition coefficient (Wildman–Crippen LogP) is 4.98. The molecule has 1 saturated heterocycles. The summed E-state index contributed by atoms with van der Waals surface area (Å²) in [5.74, 6) is 1.44. The number of amides is 1. The first kappa shape index (κ1) is 19.2. The molecule has 1 amide bonds. The largest absolute Gasteiger partial charge is 0.342 e. The van der Waals surface area contributed by atoms with Crippen molar-refractivity contribution in [1.82, 2.24) is 19.9 Å². The van der Waals surface area contributed by atoms with E-state index >= 15 is 0 Å². The fourth-order valence-electron chi connectivity index (χ4n) is 4.19. The van der Waals surface area contributed by atoms with Gasteiger partial charge in [0.2, 0.25) is 5.91 Å². The van der Waals surface area contributed by atoms with Gasteiger partial charge in [-0.05, 0) is 67.6 Å². The molecular weight excluding hydrogens is 396 g/mol. The van der Waals surface area contributed by atoms with Gasteiger partial charge in [-0.2, -0.15) is 0 Å². The molecule has 3 heterocycles. The van der Waals surface area contributed by atoms with Crippen LogP contribution in [0.2, 0.25) is 5.02 Å². The minimum Gasteiger partial charge on any atom is -0.342 e. The molecule has 1 atom stereocenters. The van der Waals surface area contributed by atoms with Crippen LogP contribution < -0.4 is 0 Å². The molecule has 30 heavy (non-hydrogen) atoms. The SMILES string of the molecule is O=C(C1CC1)N1CCCC(c2nc(-c3ccc(Cl)cc3)ncc2-c2ccncc2)C1. The van der Waals surface area contributed by atoms with Gasteiger partial charge in [0, 0.05) is 59.7 Å². The molecule has 1 saturated carbocycles. The molecule has 1 unspecified atom stereocenters. The van der Waals surface area contributed by atoms with Crippen LogP contribution in [0.3, 0.4) is 0 Å². The Hall–Kier alpha value is -2.79. The number of carbonyl (C=O) groups excluding carboxylic acids is 1. The molecule has 2 aromatic heterocycles. The highest BCUT2D eigenvalue weighted by Gasteiger charge is 2.36. The minimum absolute atomic E-state index is 0.193. The van der Waals surface area contributed by atoms with Gasteiger partial charge in [0.05, 0.1) is 5.69 Å². The topological polar surface area (TPSA) is 59.0 Å². The lowest BCUT2D eigenvalue weighted by Crippen LogP contribution is -2.40. The highest BCUT2D eigenvalue weighted by molar-refractivity contribution is 6.30. The summed E-state index contributed by atoms with van der Waals surface area (Å²) < 4.78 is 0. The summed E-state index contributed by atoms with van der Waals surface area (Å²) in [4.78, 5) is 28.5. The van der Waals surface area contributed by atoms with Crippen molar-refractivity contribution in [2.24, 2.45) is 5.92 Å². The number of carbonyl (C=O) groups is 1. The number of halogens is 1. The Morgan fingerprint density at radius 1 is 1.00 bits per heavy atom. The van der Waals surface area contributed by atoms with Crippen molar-refractivity contribution >= 4 is 17.5 Å². The summed E-state index contributed by atoms with van der Waals surface area (Å²) in [6.45, 7) is 1.58. The summed E-state index contributed by atoms with van der Waals surface area (Å²) >= 11 is 6.05. The third-order valence-corrected chi connectivity index (χ3v) is 6.21. The van der Waals surface area contributed by atoms with E-state index in [9.17, 15) is 4.79 Å². The van der Waals surface area contributed by atoms with E-state index in [1.807, 2.05) is 47.5 Å². The Morgan fingerprint density at radius 3 is 2.50 bits per heavy atom. The Labute approximate surface area is 181 Å². The van der Waals surface area contributed by atoms with E-state index in [-0.39, 0.29) is 11.8 Å². The quantitative estimate of drug-likeness (QED) is 0.599. The lowest BCUT2D eigenvalue weighted by molar-refractivity contribution is -0.133. The van der Waals surface area contributed by atoms with Crippen molar-refractivity contribution in [3.05, 3.63) is 65.7 Å². The monoisotopic (exact) mass is 418 g/mol. The normalized spacial score (nSPS) is 19.0. The number of nitrogens with zero attached hydrogens (tertiary/aromatic N) is 4. The van der Waals surface area contributed by atoms with E-state index in [0.717, 1.165) is 61.2 Å². The van der Waals surface area contributed by atoms with Gasteiger partial charge in [-0.3, -0.25) is 9.78 Å². The number of rotatable bonds is 4. The molecule has 1 aliphatic carbocycles. The molecular formula is C24H23ClN4O. The van der Waals surface area contributed by atoms with Crippen molar-refractivity contribution in [2.75, 3.05) is 13.1 Å². The maximum absolute atomic E-state index is 12.7. The third kappa shape index (κ3) is 3.94. The fraction of sp³-hybridized carbons (Fsp3) is 0.333. The number of piperidine rings is 1. The van der Waals surface area contributed by atoms with Crippen LogP contribution in [0.1, 0.15) is 37.3 Å². The van der Waals surface area contributed by atoms with Gasteiger partial charge in [-0.15, -0.1) is 0 Å². The second-order valence-corrected chi connectivity index (χ2v) is 8.57. The molecule has 5 rings (SSSR count). The van der Waals surface area contributed by atoms with Crippen molar-refractivity contribution in [1.29, 1.82) is 0 Å². The average molecular weight is 419 g/mol. The maximum Gasteiger partial charge on any atom is 0.225 e. The Kier molecular flexibility index (Phi) is 5.21. The van der Waals surface area contributed by atoms with Gasteiger partial charge in [0.1, 0.15) is 0 Å². The van der Waals surface area contributed by atoms with E-state index in [1.54, 1.807) is 12.4 Å². The first-order valence-electron chi connectivity index (χ1n) is 10.5. The molecule has 2 aliphatic rings. The van der Waals surface area contributed by atoms with Crippen molar-refractivity contribution in [3.63, 3.8) is 0 Å². The maximum atomic E-state index is 12.7. The molecule has 0 spiro atoms. The highest BCUT2D eigenvalue weighted by atomic mass is 35.5. The number of hydrogen-bond donors (Lipinski definition) is 0. The molecule has 3 aromatic rings. The zero-order chi connectivity index (χ0) is 20.5. The van der Waals surface area contributed by atoms with Crippen LogP contribution in [-0.2, 0) is 4.79 Å². The van der Waals surface area contributed by atoms with Gasteiger partial charge in [-0.25, -0.2) is 9.97 Å². The number of likely N-dealkylation sites (tertiary alicyclic amines) is 1. The van der Waals surface area contributed by atoms with Crippen LogP contribution in [-0.4, -0.2) is 38.8 Å². The molecule has 0 bridgehead atoms. The predicted molar refractivity (Wildman–Crippen MR) is 117 cm³/mol. The van der Waals surface area contributed by atoms with E-state index in [0.29, 0.717) is 16.8 Å². The van der Waals surface area contributed by atoms with Crippen LogP contribution in [0.5, 0.6) is 0 Å². The molecule has 152 valence electrons. The van der Waals surface area contributed by atoms with Crippen LogP contribution >= 0.6 is 11.6 Å². The Bertz CT molecular complexity index is 1050. The first-order chi connectivity index (χ1) is 14.7. The molecule has 0 N–H and O–H groups in total. The van der Waals surface area contributed by atoms with E-state index < -0.39 is 0 Å². The van der Waals surface area contributed by atoms with Gasteiger partial charge >= 0.3 is 0 Å². The molecule has 6 heteroatoms. The number of aromatic nitrogens is 3. The van der Waals surface area contributed by atoms with E-state index in [4.69, 9.17) is 16.6 Å². The number of pyridine rings is 1. The second kappa shape index (κ2) is 8.15. The van der Waals surface area contributed by atoms with Crippen LogP contribution in [0, 0.1) is 5.92 Å². The summed E-state index contributed by atoms with van der Waals surface area (Å²) in [6, 6.07) is 11.6. The summed E-state index contributed by atoms with van der Waals surface area (Å²) in [5.41, 5.74) is 4.01. The molecule has 2 fully saturated rings. The third-order valence-electron chi connectivity index (χ3n) is 5.96. The standard InChI is InChI=1S/C24H23ClN4O/c25-20-7-5-17(6-8-20)23-27-14-21(16-9-11-26-12-10-16)22(28-23)19-2-1-13-29(15-19)24(30)18-3-4-18/h5-12,14,18-19H,1-4,13,15H2.